The molecule has 0 atom stereocenters. The Hall–Kier alpha value is -3.90. The molecular formula is C32H28Cl2N2O7S2. The number of nitro groups is 1. The number of carbonyl (C=O) groups excluding carboxylic acids is 2. The first-order valence-corrected chi connectivity index (χ1v) is 16.3. The van der Waals surface area contributed by atoms with E-state index in [0.717, 1.165) is 37.6 Å². The number of anilines is 1. The molecule has 0 spiro atoms. The number of esters is 1. The summed E-state index contributed by atoms with van der Waals surface area (Å²) < 4.78 is 15.4. The zero-order valence-corrected chi connectivity index (χ0v) is 27.1. The predicted molar refractivity (Wildman–Crippen MR) is 178 cm³/mol. The number of halogens is 2. The molecule has 1 N–H and O–H groups in total. The number of nitrogens with zero attached hydrogens (tertiary/aromatic N) is 1. The van der Waals surface area contributed by atoms with Crippen LogP contribution in [0, 0.1) is 10.1 Å². The second-order valence-electron chi connectivity index (χ2n) is 9.31. The van der Waals surface area contributed by atoms with Gasteiger partial charge in [-0.25, -0.2) is 4.79 Å². The lowest BCUT2D eigenvalue weighted by Gasteiger charge is -2.18. The fourth-order valence-corrected chi connectivity index (χ4v) is 5.84. The highest BCUT2D eigenvalue weighted by atomic mass is 35.5. The highest BCUT2D eigenvalue weighted by molar-refractivity contribution is 7.98. The number of amides is 1. The summed E-state index contributed by atoms with van der Waals surface area (Å²) in [5, 5.41) is 15.3. The topological polar surface area (TPSA) is 117 Å². The number of fused-ring (bicyclic) bond motifs is 1. The van der Waals surface area contributed by atoms with Gasteiger partial charge in [0.05, 0.1) is 17.2 Å². The molecule has 1 amide bonds. The molecule has 0 unspecified atom stereocenters. The largest absolute Gasteiger partial charge is 0.482 e. The highest BCUT2D eigenvalue weighted by Crippen LogP contribution is 2.35. The van der Waals surface area contributed by atoms with E-state index in [2.05, 4.69) is 5.32 Å². The second-order valence-corrected chi connectivity index (χ2v) is 12.3. The van der Waals surface area contributed by atoms with Gasteiger partial charge in [0.2, 0.25) is 0 Å². The van der Waals surface area contributed by atoms with Crippen molar-refractivity contribution in [3.63, 3.8) is 0 Å². The molecule has 4 aromatic carbocycles. The first-order chi connectivity index (χ1) is 21.7. The van der Waals surface area contributed by atoms with Gasteiger partial charge in [-0.3, -0.25) is 14.9 Å². The summed E-state index contributed by atoms with van der Waals surface area (Å²) >= 11 is 14.9. The Kier molecular flexibility index (Phi) is 12.8. The summed E-state index contributed by atoms with van der Waals surface area (Å²) in [7, 11) is 0. The van der Waals surface area contributed by atoms with Crippen LogP contribution in [0.25, 0.3) is 0 Å². The van der Waals surface area contributed by atoms with Crippen molar-refractivity contribution < 1.29 is 28.7 Å². The molecule has 0 radical (unpaired) electrons. The minimum Gasteiger partial charge on any atom is -0.482 e. The SMILES string of the molecule is CCOC(=O)COc1cc(SCc2ccc(Cl)cc2)ccc1[N+](=O)[O-].O=C1COc2cc(SCc3ccc(Cl)cc3)ccc2N1. The average Bonchev–Trinajstić information content (AvgIpc) is 3.03. The lowest BCUT2D eigenvalue weighted by Crippen LogP contribution is -2.25. The number of nitrogens with one attached hydrogen (secondary N) is 1. The summed E-state index contributed by atoms with van der Waals surface area (Å²) in [5.41, 5.74) is 2.82. The molecule has 0 fully saturated rings. The van der Waals surface area contributed by atoms with Gasteiger partial charge in [0.25, 0.3) is 5.91 Å². The quantitative estimate of drug-likeness (QED) is 0.0718. The second kappa shape index (κ2) is 17.0. The molecular weight excluding hydrogens is 659 g/mol. The van der Waals surface area contributed by atoms with E-state index < -0.39 is 10.9 Å². The summed E-state index contributed by atoms with van der Waals surface area (Å²) in [6.07, 6.45) is 0. The average molecular weight is 688 g/mol. The van der Waals surface area contributed by atoms with Crippen LogP contribution in [0.1, 0.15) is 18.1 Å². The number of rotatable bonds is 11. The first kappa shape index (κ1) is 34.0. The molecule has 45 heavy (non-hydrogen) atoms. The minimum absolute atomic E-state index is 0.0409. The van der Waals surface area contributed by atoms with Gasteiger partial charge in [0.1, 0.15) is 5.75 Å². The zero-order chi connectivity index (χ0) is 32.2. The zero-order valence-electron chi connectivity index (χ0n) is 24.0. The van der Waals surface area contributed by atoms with Crippen LogP contribution < -0.4 is 14.8 Å². The smallest absolute Gasteiger partial charge is 0.344 e. The Balaban J connectivity index is 0.000000209. The number of benzene rings is 4. The third-order valence-corrected chi connectivity index (χ3v) is 8.64. The number of nitro benzene ring substituents is 1. The van der Waals surface area contributed by atoms with Crippen LogP contribution in [0.5, 0.6) is 11.5 Å². The van der Waals surface area contributed by atoms with E-state index in [1.807, 2.05) is 54.6 Å². The lowest BCUT2D eigenvalue weighted by molar-refractivity contribution is -0.385. The summed E-state index contributed by atoms with van der Waals surface area (Å²) in [4.78, 5) is 35.0. The Morgan fingerprint density at radius 3 is 2.07 bits per heavy atom. The molecule has 1 aliphatic rings. The van der Waals surface area contributed by atoms with Crippen molar-refractivity contribution in [2.24, 2.45) is 0 Å². The maximum atomic E-state index is 11.4. The molecule has 1 aliphatic heterocycles. The maximum absolute atomic E-state index is 11.4. The number of carbonyl (C=O) groups is 2. The van der Waals surface area contributed by atoms with Crippen LogP contribution >= 0.6 is 46.7 Å². The van der Waals surface area contributed by atoms with E-state index in [1.165, 1.54) is 23.4 Å². The van der Waals surface area contributed by atoms with Crippen LogP contribution in [0.4, 0.5) is 11.4 Å². The number of thioether (sulfide) groups is 2. The van der Waals surface area contributed by atoms with Gasteiger partial charge in [-0.05, 0) is 66.6 Å². The molecule has 1 heterocycles. The Morgan fingerprint density at radius 2 is 1.49 bits per heavy atom. The van der Waals surface area contributed by atoms with E-state index in [0.29, 0.717) is 10.8 Å². The van der Waals surface area contributed by atoms with Crippen molar-refractivity contribution in [1.82, 2.24) is 0 Å². The molecule has 234 valence electrons. The van der Waals surface area contributed by atoms with Crippen LogP contribution in [0.3, 0.4) is 0 Å². The molecule has 9 nitrogen and oxygen atoms in total. The summed E-state index contributed by atoms with van der Waals surface area (Å²) in [6, 6.07) is 25.6. The molecule has 0 bridgehead atoms. The lowest BCUT2D eigenvalue weighted by atomic mass is 10.2. The van der Waals surface area contributed by atoms with E-state index in [4.69, 9.17) is 37.4 Å². The molecule has 0 saturated heterocycles. The molecule has 4 aromatic rings. The Labute approximate surface area is 278 Å². The van der Waals surface area contributed by atoms with Crippen LogP contribution in [-0.4, -0.2) is 36.6 Å². The highest BCUT2D eigenvalue weighted by Gasteiger charge is 2.18. The standard InChI is InChI=1S/C17H16ClNO5S.C15H12ClNO2S/c1-2-23-17(20)10-24-16-9-14(7-8-15(16)19(21)22)25-11-12-3-5-13(18)6-4-12;16-11-3-1-10(2-4-11)9-20-12-5-6-13-14(7-12)19-8-15(18)17-13/h3-9H,2,10-11H2,1H3;1-7H,8-9H2,(H,17,18). The molecule has 5 rings (SSSR count). The predicted octanol–water partition coefficient (Wildman–Crippen LogP) is 8.45. The van der Waals surface area contributed by atoms with Crippen molar-refractivity contribution in [3.8, 4) is 11.5 Å². The third-order valence-electron chi connectivity index (χ3n) is 6.00. The van der Waals surface area contributed by atoms with Gasteiger partial charge in [-0.1, -0.05) is 47.5 Å². The fraction of sp³-hybridized carbons (Fsp3) is 0.188. The van der Waals surface area contributed by atoms with E-state index >= 15 is 0 Å². The van der Waals surface area contributed by atoms with E-state index in [9.17, 15) is 19.7 Å². The molecule has 0 saturated carbocycles. The van der Waals surface area contributed by atoms with Crippen molar-refractivity contribution >= 4 is 70.0 Å². The Morgan fingerprint density at radius 1 is 0.911 bits per heavy atom. The summed E-state index contributed by atoms with van der Waals surface area (Å²) in [5.74, 6) is 1.62. The van der Waals surface area contributed by atoms with Crippen LogP contribution in [0.15, 0.2) is 94.7 Å². The van der Waals surface area contributed by atoms with Gasteiger partial charge >= 0.3 is 11.7 Å². The van der Waals surface area contributed by atoms with Crippen molar-refractivity contribution in [1.29, 1.82) is 0 Å². The molecule has 13 heteroatoms. The molecule has 0 aliphatic carbocycles. The van der Waals surface area contributed by atoms with Gasteiger partial charge in [-0.2, -0.15) is 0 Å². The van der Waals surface area contributed by atoms with Crippen molar-refractivity contribution in [3.05, 3.63) is 116 Å². The Bertz CT molecular complexity index is 1640. The third kappa shape index (κ3) is 10.9. The monoisotopic (exact) mass is 686 g/mol. The van der Waals surface area contributed by atoms with E-state index in [-0.39, 0.29) is 37.2 Å². The maximum Gasteiger partial charge on any atom is 0.344 e. The van der Waals surface area contributed by atoms with Crippen LogP contribution in [0.2, 0.25) is 10.0 Å². The number of hydrogen-bond donors (Lipinski definition) is 1. The van der Waals surface area contributed by atoms with Gasteiger partial charge in [-0.15, -0.1) is 23.5 Å². The van der Waals surface area contributed by atoms with Crippen molar-refractivity contribution in [2.45, 2.75) is 28.2 Å². The number of hydrogen-bond acceptors (Lipinski definition) is 9. The number of ether oxygens (including phenoxy) is 3. The van der Waals surface area contributed by atoms with E-state index in [1.54, 1.807) is 43.0 Å². The van der Waals surface area contributed by atoms with Crippen LogP contribution in [-0.2, 0) is 25.8 Å². The van der Waals surface area contributed by atoms with Gasteiger partial charge < -0.3 is 19.5 Å². The van der Waals surface area contributed by atoms with Gasteiger partial charge in [0, 0.05) is 43.5 Å². The molecule has 0 aromatic heterocycles. The normalized spacial score (nSPS) is 11.7. The minimum atomic E-state index is -0.573. The summed E-state index contributed by atoms with van der Waals surface area (Å²) in [6.45, 7) is 1.61. The van der Waals surface area contributed by atoms with Crippen molar-refractivity contribution in [2.75, 3.05) is 25.1 Å². The van der Waals surface area contributed by atoms with Gasteiger partial charge in [0.15, 0.2) is 19.0 Å². The first-order valence-electron chi connectivity index (χ1n) is 13.6. The fourth-order valence-electron chi connectivity index (χ4n) is 3.83.